The van der Waals surface area contributed by atoms with E-state index in [1.54, 1.807) is 10.6 Å². The number of nitriles is 1. The molecule has 0 unspecified atom stereocenters. The lowest BCUT2D eigenvalue weighted by Crippen LogP contribution is -2.25. The van der Waals surface area contributed by atoms with Gasteiger partial charge in [0.25, 0.3) is 5.56 Å². The van der Waals surface area contributed by atoms with Crippen molar-refractivity contribution in [1.82, 2.24) is 9.55 Å². The monoisotopic (exact) mass is 280 g/mol. The van der Waals surface area contributed by atoms with E-state index in [9.17, 15) is 4.79 Å². The van der Waals surface area contributed by atoms with Gasteiger partial charge in [0.1, 0.15) is 0 Å². The molecule has 0 bridgehead atoms. The summed E-state index contributed by atoms with van der Waals surface area (Å²) in [5, 5.41) is 8.96. The third-order valence-electron chi connectivity index (χ3n) is 3.92. The lowest BCUT2D eigenvalue weighted by Gasteiger charge is -2.18. The fourth-order valence-electron chi connectivity index (χ4n) is 2.62. The fourth-order valence-corrected chi connectivity index (χ4v) is 2.62. The van der Waals surface area contributed by atoms with Gasteiger partial charge >= 0.3 is 0 Å². The van der Waals surface area contributed by atoms with Gasteiger partial charge < -0.3 is 4.90 Å². The summed E-state index contributed by atoms with van der Waals surface area (Å²) in [5.41, 5.74) is 3.24. The quantitative estimate of drug-likeness (QED) is 0.841. The molecule has 2 aromatic rings. The van der Waals surface area contributed by atoms with Crippen molar-refractivity contribution in [3.63, 3.8) is 0 Å². The van der Waals surface area contributed by atoms with Gasteiger partial charge in [-0.15, -0.1) is 0 Å². The third-order valence-corrected chi connectivity index (χ3v) is 3.92. The summed E-state index contributed by atoms with van der Waals surface area (Å²) in [4.78, 5) is 18.9. The maximum Gasteiger partial charge on any atom is 0.258 e. The van der Waals surface area contributed by atoms with Crippen molar-refractivity contribution in [1.29, 1.82) is 5.26 Å². The van der Waals surface area contributed by atoms with Crippen LogP contribution in [0.25, 0.3) is 0 Å². The minimum absolute atomic E-state index is 0.0470. The number of aromatic nitrogens is 2. The number of aryl methyl sites for hydroxylation is 1. The van der Waals surface area contributed by atoms with Crippen LogP contribution in [0.1, 0.15) is 22.4 Å². The van der Waals surface area contributed by atoms with Crippen molar-refractivity contribution in [3.8, 4) is 6.07 Å². The van der Waals surface area contributed by atoms with Crippen LogP contribution in [0.3, 0.4) is 0 Å². The van der Waals surface area contributed by atoms with Gasteiger partial charge in [0.15, 0.2) is 0 Å². The van der Waals surface area contributed by atoms with Gasteiger partial charge in [0.2, 0.25) is 5.95 Å². The Kier molecular flexibility index (Phi) is 3.22. The first-order valence-electron chi connectivity index (χ1n) is 6.92. The van der Waals surface area contributed by atoms with Crippen molar-refractivity contribution >= 4 is 5.95 Å². The molecule has 1 aliphatic rings. The van der Waals surface area contributed by atoms with E-state index in [4.69, 9.17) is 5.26 Å². The van der Waals surface area contributed by atoms with Crippen molar-refractivity contribution < 1.29 is 0 Å². The van der Waals surface area contributed by atoms with Crippen LogP contribution in [0.15, 0.2) is 29.1 Å². The van der Waals surface area contributed by atoms with Crippen LogP contribution in [0.4, 0.5) is 5.95 Å². The fraction of sp³-hybridized carbons (Fsp3) is 0.312. The van der Waals surface area contributed by atoms with E-state index in [2.05, 4.69) is 16.0 Å². The van der Waals surface area contributed by atoms with Gasteiger partial charge in [-0.3, -0.25) is 9.36 Å². The Bertz CT molecular complexity index is 801. The van der Waals surface area contributed by atoms with Gasteiger partial charge in [0.05, 0.1) is 11.6 Å². The van der Waals surface area contributed by atoms with E-state index in [0.717, 1.165) is 23.8 Å². The molecule has 0 spiro atoms. The van der Waals surface area contributed by atoms with Crippen molar-refractivity contribution in [2.75, 3.05) is 11.4 Å². The number of fused-ring (bicyclic) bond motifs is 1. The van der Waals surface area contributed by atoms with Gasteiger partial charge in [-0.05, 0) is 31.5 Å². The summed E-state index contributed by atoms with van der Waals surface area (Å²) in [6.45, 7) is 5.77. The van der Waals surface area contributed by atoms with Crippen molar-refractivity contribution in [2.45, 2.75) is 26.9 Å². The van der Waals surface area contributed by atoms with Crippen LogP contribution in [-0.2, 0) is 13.1 Å². The molecule has 0 aliphatic carbocycles. The minimum atomic E-state index is 0.0470. The van der Waals surface area contributed by atoms with Crippen LogP contribution >= 0.6 is 0 Å². The second-order valence-electron chi connectivity index (χ2n) is 5.31. The first kappa shape index (κ1) is 13.4. The first-order chi connectivity index (χ1) is 10.1. The maximum atomic E-state index is 12.2. The summed E-state index contributed by atoms with van der Waals surface area (Å²) in [5.74, 6) is 0.727. The van der Waals surface area contributed by atoms with E-state index in [1.165, 1.54) is 0 Å². The number of rotatable bonds is 2. The molecular weight excluding hydrogens is 264 g/mol. The Labute approximate surface area is 123 Å². The highest BCUT2D eigenvalue weighted by atomic mass is 16.1. The number of benzene rings is 1. The summed E-state index contributed by atoms with van der Waals surface area (Å²) in [7, 11) is 0. The van der Waals surface area contributed by atoms with Crippen LogP contribution in [0, 0.1) is 25.2 Å². The average molecular weight is 280 g/mol. The lowest BCUT2D eigenvalue weighted by molar-refractivity contribution is 0.740. The Morgan fingerprint density at radius 2 is 2.14 bits per heavy atom. The third kappa shape index (κ3) is 2.29. The highest BCUT2D eigenvalue weighted by Gasteiger charge is 2.23. The minimum Gasteiger partial charge on any atom is -0.336 e. The van der Waals surface area contributed by atoms with Crippen LogP contribution < -0.4 is 10.5 Å². The van der Waals surface area contributed by atoms with E-state index in [-0.39, 0.29) is 5.56 Å². The van der Waals surface area contributed by atoms with E-state index < -0.39 is 0 Å². The van der Waals surface area contributed by atoms with Crippen molar-refractivity contribution in [3.05, 3.63) is 57.0 Å². The Morgan fingerprint density at radius 3 is 2.90 bits per heavy atom. The first-order valence-corrected chi connectivity index (χ1v) is 6.92. The number of hydrogen-bond donors (Lipinski definition) is 0. The average Bonchev–Trinajstić information content (AvgIpc) is 2.88. The molecule has 1 aliphatic heterocycles. The predicted octanol–water partition coefficient (Wildman–Crippen LogP) is 1.75. The van der Waals surface area contributed by atoms with Crippen LogP contribution in [0.5, 0.6) is 0 Å². The molecule has 0 amide bonds. The molecular formula is C16H16N4O. The molecule has 0 atom stereocenters. The molecule has 5 nitrogen and oxygen atoms in total. The smallest absolute Gasteiger partial charge is 0.258 e. The molecule has 106 valence electrons. The zero-order valence-electron chi connectivity index (χ0n) is 12.1. The highest BCUT2D eigenvalue weighted by molar-refractivity contribution is 5.41. The summed E-state index contributed by atoms with van der Waals surface area (Å²) < 4.78 is 1.73. The van der Waals surface area contributed by atoms with Crippen molar-refractivity contribution in [2.24, 2.45) is 0 Å². The Morgan fingerprint density at radius 1 is 1.33 bits per heavy atom. The van der Waals surface area contributed by atoms with E-state index >= 15 is 0 Å². The lowest BCUT2D eigenvalue weighted by atomic mass is 10.1. The normalized spacial score (nSPS) is 13.1. The van der Waals surface area contributed by atoms with E-state index in [1.807, 2.05) is 32.0 Å². The van der Waals surface area contributed by atoms with Gasteiger partial charge in [-0.25, -0.2) is 4.98 Å². The Hall–Kier alpha value is -2.61. The molecule has 3 rings (SSSR count). The molecule has 5 heteroatoms. The standard InChI is InChI=1S/C16H16N4O/c1-11-12(2)18-16-19(6-7-20(16)15(11)21)10-14-5-3-4-13(8-14)9-17/h3-5,8H,6-7,10H2,1-2H3. The number of hydrogen-bond acceptors (Lipinski definition) is 4. The molecule has 0 N–H and O–H groups in total. The molecule has 0 radical (unpaired) electrons. The number of anilines is 1. The zero-order valence-corrected chi connectivity index (χ0v) is 12.1. The largest absolute Gasteiger partial charge is 0.336 e. The molecule has 0 saturated carbocycles. The molecule has 1 aromatic heterocycles. The topological polar surface area (TPSA) is 61.9 Å². The van der Waals surface area contributed by atoms with Crippen LogP contribution in [-0.4, -0.2) is 16.1 Å². The summed E-state index contributed by atoms with van der Waals surface area (Å²) in [6.07, 6.45) is 0. The molecule has 0 saturated heterocycles. The van der Waals surface area contributed by atoms with Gasteiger partial charge in [-0.1, -0.05) is 12.1 Å². The summed E-state index contributed by atoms with van der Waals surface area (Å²) in [6, 6.07) is 9.68. The SMILES string of the molecule is Cc1nc2n(c(=O)c1C)CCN2Cc1cccc(C#N)c1. The number of nitrogens with zero attached hydrogens (tertiary/aromatic N) is 4. The Balaban J connectivity index is 1.95. The second kappa shape index (κ2) is 5.06. The van der Waals surface area contributed by atoms with Gasteiger partial charge in [0, 0.05) is 30.9 Å². The molecule has 2 heterocycles. The predicted molar refractivity (Wildman–Crippen MR) is 80.2 cm³/mol. The highest BCUT2D eigenvalue weighted by Crippen LogP contribution is 2.20. The molecule has 0 fully saturated rings. The van der Waals surface area contributed by atoms with Gasteiger partial charge in [-0.2, -0.15) is 5.26 Å². The second-order valence-corrected chi connectivity index (χ2v) is 5.31. The molecule has 21 heavy (non-hydrogen) atoms. The van der Waals surface area contributed by atoms with E-state index in [0.29, 0.717) is 24.2 Å². The zero-order chi connectivity index (χ0) is 15.0. The summed E-state index contributed by atoms with van der Waals surface area (Å²) >= 11 is 0. The van der Waals surface area contributed by atoms with Crippen LogP contribution in [0.2, 0.25) is 0 Å². The molecule has 1 aromatic carbocycles. The maximum absolute atomic E-state index is 12.2.